The molecule has 0 aromatic heterocycles. The van der Waals surface area contributed by atoms with E-state index in [1.807, 2.05) is 18.2 Å². The Morgan fingerprint density at radius 1 is 1.27 bits per heavy atom. The number of unbranched alkanes of at least 4 members (excludes halogenated alkanes) is 1. The van der Waals surface area contributed by atoms with Crippen molar-refractivity contribution in [3.63, 3.8) is 0 Å². The highest BCUT2D eigenvalue weighted by atomic mass is 127. The minimum absolute atomic E-state index is 0. The van der Waals surface area contributed by atoms with Crippen molar-refractivity contribution >= 4 is 29.9 Å². The summed E-state index contributed by atoms with van der Waals surface area (Å²) in [5.41, 5.74) is 1.16. The number of hydrogen-bond donors (Lipinski definition) is 1. The lowest BCUT2D eigenvalue weighted by Gasteiger charge is -2.23. The Balaban J connectivity index is 0.00000441. The van der Waals surface area contributed by atoms with Crippen molar-refractivity contribution in [2.75, 3.05) is 33.8 Å². The lowest BCUT2D eigenvalue weighted by Crippen LogP contribution is -2.39. The molecule has 0 fully saturated rings. The highest BCUT2D eigenvalue weighted by Crippen LogP contribution is 2.16. The minimum Gasteiger partial charge on any atom is -0.375 e. The van der Waals surface area contributed by atoms with Gasteiger partial charge in [0.1, 0.15) is 6.10 Å². The number of guanidine groups is 1. The Bertz CT molecular complexity index is 412. The quantitative estimate of drug-likeness (QED) is 0.397. The molecule has 1 rings (SSSR count). The monoisotopic (exact) mass is 419 g/mol. The van der Waals surface area contributed by atoms with Gasteiger partial charge in [-0.1, -0.05) is 43.7 Å². The van der Waals surface area contributed by atoms with Crippen molar-refractivity contribution in [3.05, 3.63) is 35.9 Å². The summed E-state index contributed by atoms with van der Waals surface area (Å²) in [6.45, 7) is 6.81. The van der Waals surface area contributed by atoms with E-state index in [2.05, 4.69) is 43.2 Å². The first-order chi connectivity index (χ1) is 10.2. The lowest BCUT2D eigenvalue weighted by atomic mass is 10.1. The third-order valence-corrected chi connectivity index (χ3v) is 3.41. The summed E-state index contributed by atoms with van der Waals surface area (Å²) in [5.74, 6) is 0.948. The molecule has 0 radical (unpaired) electrons. The molecule has 22 heavy (non-hydrogen) atoms. The third kappa shape index (κ3) is 7.45. The van der Waals surface area contributed by atoms with Crippen LogP contribution < -0.4 is 5.32 Å². The van der Waals surface area contributed by atoms with Crippen molar-refractivity contribution in [1.82, 2.24) is 10.2 Å². The van der Waals surface area contributed by atoms with Gasteiger partial charge in [-0.25, -0.2) is 0 Å². The average molecular weight is 419 g/mol. The average Bonchev–Trinajstić information content (AvgIpc) is 2.53. The minimum atomic E-state index is -0.000527. The Labute approximate surface area is 152 Å². The molecule has 1 aromatic rings. The number of nitrogens with zero attached hydrogens (tertiary/aromatic N) is 2. The maximum absolute atomic E-state index is 5.57. The number of rotatable bonds is 8. The van der Waals surface area contributed by atoms with E-state index in [-0.39, 0.29) is 30.1 Å². The topological polar surface area (TPSA) is 36.9 Å². The van der Waals surface area contributed by atoms with E-state index in [9.17, 15) is 0 Å². The Hall–Kier alpha value is -0.820. The van der Waals surface area contributed by atoms with Crippen molar-refractivity contribution in [2.24, 2.45) is 4.99 Å². The van der Waals surface area contributed by atoms with Gasteiger partial charge in [0.2, 0.25) is 0 Å². The van der Waals surface area contributed by atoms with Crippen LogP contribution in [0.15, 0.2) is 35.3 Å². The largest absolute Gasteiger partial charge is 0.375 e. The first kappa shape index (κ1) is 21.2. The third-order valence-electron chi connectivity index (χ3n) is 3.41. The number of halogens is 1. The highest BCUT2D eigenvalue weighted by molar-refractivity contribution is 14.0. The summed E-state index contributed by atoms with van der Waals surface area (Å²) >= 11 is 0. The molecule has 1 atom stereocenters. The van der Waals surface area contributed by atoms with Crippen LogP contribution in [0.3, 0.4) is 0 Å². The fourth-order valence-corrected chi connectivity index (χ4v) is 2.12. The molecule has 0 saturated carbocycles. The zero-order chi connectivity index (χ0) is 15.5. The molecule has 0 spiro atoms. The Kier molecular flexibility index (Phi) is 12.2. The lowest BCUT2D eigenvalue weighted by molar-refractivity contribution is 0.110. The van der Waals surface area contributed by atoms with Gasteiger partial charge in [-0.05, 0) is 18.9 Å². The first-order valence-electron chi connectivity index (χ1n) is 7.80. The van der Waals surface area contributed by atoms with Gasteiger partial charge in [-0.15, -0.1) is 24.0 Å². The molecule has 126 valence electrons. The molecule has 0 aliphatic rings. The molecular weight excluding hydrogens is 389 g/mol. The van der Waals surface area contributed by atoms with Crippen LogP contribution >= 0.6 is 24.0 Å². The highest BCUT2D eigenvalue weighted by Gasteiger charge is 2.11. The summed E-state index contributed by atoms with van der Waals surface area (Å²) < 4.78 is 5.57. The van der Waals surface area contributed by atoms with Gasteiger partial charge in [0.15, 0.2) is 5.96 Å². The van der Waals surface area contributed by atoms with Gasteiger partial charge >= 0.3 is 0 Å². The van der Waals surface area contributed by atoms with Crippen molar-refractivity contribution in [2.45, 2.75) is 32.8 Å². The van der Waals surface area contributed by atoms with Crippen LogP contribution in [0.2, 0.25) is 0 Å². The van der Waals surface area contributed by atoms with Crippen molar-refractivity contribution < 1.29 is 4.74 Å². The number of methoxy groups -OCH3 is 1. The smallest absolute Gasteiger partial charge is 0.193 e. The molecule has 1 N–H and O–H groups in total. The summed E-state index contributed by atoms with van der Waals surface area (Å²) in [5, 5.41) is 3.34. The van der Waals surface area contributed by atoms with E-state index in [4.69, 9.17) is 9.73 Å². The van der Waals surface area contributed by atoms with Crippen molar-refractivity contribution in [1.29, 1.82) is 0 Å². The van der Waals surface area contributed by atoms with Crippen LogP contribution in [0.1, 0.15) is 38.4 Å². The summed E-state index contributed by atoms with van der Waals surface area (Å²) in [4.78, 5) is 6.91. The van der Waals surface area contributed by atoms with E-state index in [1.54, 1.807) is 7.11 Å². The molecule has 0 aliphatic carbocycles. The van der Waals surface area contributed by atoms with Gasteiger partial charge in [0.25, 0.3) is 0 Å². The number of aliphatic imine (C=N–C) groups is 1. The van der Waals surface area contributed by atoms with Crippen LogP contribution in [0.25, 0.3) is 0 Å². The van der Waals surface area contributed by atoms with Crippen molar-refractivity contribution in [3.8, 4) is 0 Å². The molecule has 0 bridgehead atoms. The van der Waals surface area contributed by atoms with E-state index < -0.39 is 0 Å². The fraction of sp³-hybridized carbons (Fsp3) is 0.588. The maximum Gasteiger partial charge on any atom is 0.193 e. The summed E-state index contributed by atoms with van der Waals surface area (Å²) in [7, 11) is 3.82. The number of nitrogens with one attached hydrogen (secondary N) is 1. The first-order valence-corrected chi connectivity index (χ1v) is 7.80. The second-order valence-electron chi connectivity index (χ2n) is 5.10. The second kappa shape index (κ2) is 12.7. The zero-order valence-corrected chi connectivity index (χ0v) is 16.5. The number of benzene rings is 1. The predicted molar refractivity (Wildman–Crippen MR) is 105 cm³/mol. The van der Waals surface area contributed by atoms with Crippen LogP contribution in [0.4, 0.5) is 0 Å². The maximum atomic E-state index is 5.57. The summed E-state index contributed by atoms with van der Waals surface area (Å²) in [6, 6.07) is 10.2. The normalized spacial score (nSPS) is 12.5. The molecular formula is C17H30IN3O. The fourth-order valence-electron chi connectivity index (χ4n) is 2.12. The van der Waals surface area contributed by atoms with Gasteiger partial charge in [0.05, 0.1) is 6.54 Å². The van der Waals surface area contributed by atoms with E-state index >= 15 is 0 Å². The molecule has 1 unspecified atom stereocenters. The van der Waals surface area contributed by atoms with Crippen LogP contribution in [-0.2, 0) is 4.74 Å². The standard InChI is InChI=1S/C17H29N3O.HI/c1-5-7-13-20(3)17(18-6-2)19-14-16(21-4)15-11-9-8-10-12-15;/h8-12,16H,5-7,13-14H2,1-4H3,(H,18,19);1H. The number of ether oxygens (including phenoxy) is 1. The van der Waals surface area contributed by atoms with E-state index in [1.165, 1.54) is 12.8 Å². The molecule has 0 heterocycles. The zero-order valence-electron chi connectivity index (χ0n) is 14.2. The van der Waals surface area contributed by atoms with Crippen LogP contribution in [0, 0.1) is 0 Å². The van der Waals surface area contributed by atoms with E-state index in [0.29, 0.717) is 6.54 Å². The van der Waals surface area contributed by atoms with Gasteiger partial charge in [-0.2, -0.15) is 0 Å². The molecule has 0 aliphatic heterocycles. The van der Waals surface area contributed by atoms with Crippen LogP contribution in [0.5, 0.6) is 0 Å². The SMILES string of the molecule is CCCCN(C)C(=NCC(OC)c1ccccc1)NCC.I. The Morgan fingerprint density at radius 2 is 1.95 bits per heavy atom. The predicted octanol–water partition coefficient (Wildman–Crippen LogP) is 3.69. The van der Waals surface area contributed by atoms with Gasteiger partial charge in [0, 0.05) is 27.2 Å². The van der Waals surface area contributed by atoms with Gasteiger partial charge in [-0.3, -0.25) is 4.99 Å². The van der Waals surface area contributed by atoms with Crippen LogP contribution in [-0.4, -0.2) is 44.7 Å². The number of hydrogen-bond acceptors (Lipinski definition) is 2. The molecule has 0 amide bonds. The second-order valence-corrected chi connectivity index (χ2v) is 5.10. The Morgan fingerprint density at radius 3 is 2.50 bits per heavy atom. The van der Waals surface area contributed by atoms with Gasteiger partial charge < -0.3 is 15.0 Å². The molecule has 0 saturated heterocycles. The molecule has 1 aromatic carbocycles. The summed E-state index contributed by atoms with van der Waals surface area (Å²) in [6.07, 6.45) is 2.36. The van der Waals surface area contributed by atoms with E-state index in [0.717, 1.165) is 24.6 Å². The molecule has 5 heteroatoms. The molecule has 4 nitrogen and oxygen atoms in total.